The normalized spacial score (nSPS) is 9.50. The topological polar surface area (TPSA) is 3.24 Å². The fourth-order valence-corrected chi connectivity index (χ4v) is 0.803. The van der Waals surface area contributed by atoms with Gasteiger partial charge in [0.1, 0.15) is 0 Å². The van der Waals surface area contributed by atoms with Crippen LogP contribution in [-0.4, -0.2) is 19.0 Å². The molecule has 0 aromatic heterocycles. The van der Waals surface area contributed by atoms with E-state index in [1.807, 2.05) is 14.1 Å². The molecule has 0 saturated heterocycles. The van der Waals surface area contributed by atoms with Gasteiger partial charge in [0.05, 0.1) is 0 Å². The van der Waals surface area contributed by atoms with Crippen LogP contribution < -0.4 is 0 Å². The first-order valence-electron chi connectivity index (χ1n) is 4.03. The van der Waals surface area contributed by atoms with Gasteiger partial charge >= 0.3 is 0 Å². The lowest BCUT2D eigenvalue weighted by atomic mass is 10.2. The standard InChI is InChI=1S/C9H19N/c1-5-6-7-8-9(2)10(3)4/h2,5-8H2,1,3-4H3. The number of allylic oxidation sites excluding steroid dienone is 1. The second kappa shape index (κ2) is 5.33. The van der Waals surface area contributed by atoms with Gasteiger partial charge < -0.3 is 4.90 Å². The molecule has 1 heteroatoms. The highest BCUT2D eigenvalue weighted by molar-refractivity contribution is 4.89. The average molecular weight is 141 g/mol. The summed E-state index contributed by atoms with van der Waals surface area (Å²) >= 11 is 0. The maximum absolute atomic E-state index is 3.95. The molecule has 10 heavy (non-hydrogen) atoms. The molecule has 0 saturated carbocycles. The molecule has 0 N–H and O–H groups in total. The van der Waals surface area contributed by atoms with Crippen molar-refractivity contribution in [3.63, 3.8) is 0 Å². The Morgan fingerprint density at radius 3 is 2.30 bits per heavy atom. The van der Waals surface area contributed by atoms with E-state index >= 15 is 0 Å². The van der Waals surface area contributed by atoms with Crippen LogP contribution in [0.15, 0.2) is 12.3 Å². The van der Waals surface area contributed by atoms with Crippen molar-refractivity contribution in [2.75, 3.05) is 14.1 Å². The zero-order valence-electron chi connectivity index (χ0n) is 7.48. The summed E-state index contributed by atoms with van der Waals surface area (Å²) in [5, 5.41) is 0. The van der Waals surface area contributed by atoms with Crippen LogP contribution in [0.25, 0.3) is 0 Å². The lowest BCUT2D eigenvalue weighted by Gasteiger charge is -2.14. The van der Waals surface area contributed by atoms with Gasteiger partial charge in [-0.2, -0.15) is 0 Å². The molecule has 0 radical (unpaired) electrons. The molecular formula is C9H19N. The lowest BCUT2D eigenvalue weighted by Crippen LogP contribution is -2.09. The third-order valence-electron chi connectivity index (χ3n) is 1.70. The van der Waals surface area contributed by atoms with Gasteiger partial charge in [0, 0.05) is 19.8 Å². The maximum atomic E-state index is 3.95. The van der Waals surface area contributed by atoms with Crippen molar-refractivity contribution in [3.05, 3.63) is 12.3 Å². The van der Waals surface area contributed by atoms with Gasteiger partial charge in [-0.1, -0.05) is 26.3 Å². The van der Waals surface area contributed by atoms with E-state index in [1.54, 1.807) is 0 Å². The molecule has 0 amide bonds. The van der Waals surface area contributed by atoms with Crippen LogP contribution in [0.3, 0.4) is 0 Å². The van der Waals surface area contributed by atoms with Crippen LogP contribution in [0.5, 0.6) is 0 Å². The highest BCUT2D eigenvalue weighted by atomic mass is 15.1. The Morgan fingerprint density at radius 1 is 1.30 bits per heavy atom. The van der Waals surface area contributed by atoms with Gasteiger partial charge in [-0.05, 0) is 12.8 Å². The van der Waals surface area contributed by atoms with Crippen LogP contribution in [0.1, 0.15) is 32.6 Å². The minimum absolute atomic E-state index is 1.15. The average Bonchev–Trinajstić information content (AvgIpc) is 1.88. The SMILES string of the molecule is C=C(CCCCC)N(C)C. The van der Waals surface area contributed by atoms with E-state index in [0.717, 1.165) is 6.42 Å². The molecule has 0 aromatic rings. The summed E-state index contributed by atoms with van der Waals surface area (Å²) in [6, 6.07) is 0. The summed E-state index contributed by atoms with van der Waals surface area (Å²) in [7, 11) is 4.10. The Labute approximate surface area is 64.7 Å². The number of rotatable bonds is 5. The van der Waals surface area contributed by atoms with Crippen molar-refractivity contribution in [1.29, 1.82) is 0 Å². The van der Waals surface area contributed by atoms with Gasteiger partial charge in [0.25, 0.3) is 0 Å². The van der Waals surface area contributed by atoms with Crippen LogP contribution in [-0.2, 0) is 0 Å². The molecule has 0 aliphatic rings. The molecule has 0 spiro atoms. The smallest absolute Gasteiger partial charge is 0.00579 e. The van der Waals surface area contributed by atoms with Crippen LogP contribution in [0, 0.1) is 0 Å². The van der Waals surface area contributed by atoms with E-state index < -0.39 is 0 Å². The second-order valence-electron chi connectivity index (χ2n) is 2.92. The zero-order valence-corrected chi connectivity index (χ0v) is 7.48. The minimum Gasteiger partial charge on any atom is -0.381 e. The van der Waals surface area contributed by atoms with E-state index in [4.69, 9.17) is 0 Å². The molecule has 0 fully saturated rings. The summed E-state index contributed by atoms with van der Waals surface area (Å²) < 4.78 is 0. The Bertz CT molecular complexity index is 94.9. The number of nitrogens with zero attached hydrogens (tertiary/aromatic N) is 1. The highest BCUT2D eigenvalue weighted by Crippen LogP contribution is 2.07. The van der Waals surface area contributed by atoms with E-state index in [1.165, 1.54) is 25.0 Å². The molecule has 60 valence electrons. The van der Waals surface area contributed by atoms with Crippen LogP contribution >= 0.6 is 0 Å². The Hall–Kier alpha value is -0.460. The quantitative estimate of drug-likeness (QED) is 0.532. The first-order valence-corrected chi connectivity index (χ1v) is 4.03. The Balaban J connectivity index is 3.22. The summed E-state index contributed by atoms with van der Waals surface area (Å²) in [5.41, 5.74) is 1.24. The minimum atomic E-state index is 1.15. The van der Waals surface area contributed by atoms with Crippen molar-refractivity contribution in [2.45, 2.75) is 32.6 Å². The summed E-state index contributed by atoms with van der Waals surface area (Å²) in [6.07, 6.45) is 5.06. The maximum Gasteiger partial charge on any atom is 0.00579 e. The summed E-state index contributed by atoms with van der Waals surface area (Å²) in [4.78, 5) is 2.09. The van der Waals surface area contributed by atoms with Gasteiger partial charge in [-0.25, -0.2) is 0 Å². The van der Waals surface area contributed by atoms with Gasteiger partial charge in [0.15, 0.2) is 0 Å². The van der Waals surface area contributed by atoms with Crippen molar-refractivity contribution in [1.82, 2.24) is 4.90 Å². The molecule has 0 bridgehead atoms. The predicted octanol–water partition coefficient (Wildman–Crippen LogP) is 2.64. The fraction of sp³-hybridized carbons (Fsp3) is 0.778. The zero-order chi connectivity index (χ0) is 7.98. The van der Waals surface area contributed by atoms with Gasteiger partial charge in [-0.15, -0.1) is 0 Å². The first-order chi connectivity index (χ1) is 4.68. The molecule has 0 aromatic carbocycles. The largest absolute Gasteiger partial charge is 0.381 e. The van der Waals surface area contributed by atoms with E-state index in [2.05, 4.69) is 18.4 Å². The summed E-state index contributed by atoms with van der Waals surface area (Å²) in [5.74, 6) is 0. The molecule has 0 heterocycles. The van der Waals surface area contributed by atoms with Gasteiger partial charge in [-0.3, -0.25) is 0 Å². The Morgan fingerprint density at radius 2 is 1.90 bits per heavy atom. The highest BCUT2D eigenvalue weighted by Gasteiger charge is 1.94. The molecule has 0 aliphatic carbocycles. The van der Waals surface area contributed by atoms with E-state index in [0.29, 0.717) is 0 Å². The van der Waals surface area contributed by atoms with E-state index in [9.17, 15) is 0 Å². The van der Waals surface area contributed by atoms with Gasteiger partial charge in [0.2, 0.25) is 0 Å². The molecule has 0 unspecified atom stereocenters. The monoisotopic (exact) mass is 141 g/mol. The Kier molecular flexibility index (Phi) is 5.09. The van der Waals surface area contributed by atoms with Crippen molar-refractivity contribution in [2.24, 2.45) is 0 Å². The van der Waals surface area contributed by atoms with Crippen LogP contribution in [0.4, 0.5) is 0 Å². The lowest BCUT2D eigenvalue weighted by molar-refractivity contribution is 0.479. The third-order valence-corrected chi connectivity index (χ3v) is 1.70. The molecular weight excluding hydrogens is 122 g/mol. The van der Waals surface area contributed by atoms with E-state index in [-0.39, 0.29) is 0 Å². The fourth-order valence-electron chi connectivity index (χ4n) is 0.803. The third kappa shape index (κ3) is 4.42. The first kappa shape index (κ1) is 9.54. The van der Waals surface area contributed by atoms with Crippen molar-refractivity contribution >= 4 is 0 Å². The molecule has 0 rings (SSSR count). The van der Waals surface area contributed by atoms with Crippen molar-refractivity contribution < 1.29 is 0 Å². The molecule has 0 aliphatic heterocycles. The van der Waals surface area contributed by atoms with Crippen LogP contribution in [0.2, 0.25) is 0 Å². The predicted molar refractivity (Wildman–Crippen MR) is 47.0 cm³/mol. The second-order valence-corrected chi connectivity index (χ2v) is 2.92. The molecule has 0 atom stereocenters. The summed E-state index contributed by atoms with van der Waals surface area (Å²) in [6.45, 7) is 6.17. The number of hydrogen-bond donors (Lipinski definition) is 0. The van der Waals surface area contributed by atoms with Crippen molar-refractivity contribution in [3.8, 4) is 0 Å². The number of hydrogen-bond acceptors (Lipinski definition) is 1. The number of unbranched alkanes of at least 4 members (excludes halogenated alkanes) is 2. The molecule has 1 nitrogen and oxygen atoms in total.